The number of likely N-dealkylation sites (N-methyl/N-ethyl adjacent to an activating group) is 1. The molecule has 1 atom stereocenters. The summed E-state index contributed by atoms with van der Waals surface area (Å²) in [6.45, 7) is 1.90. The second-order valence-electron chi connectivity index (χ2n) is 6.51. The van der Waals surface area contributed by atoms with Gasteiger partial charge in [-0.05, 0) is 36.4 Å². The van der Waals surface area contributed by atoms with Crippen molar-refractivity contribution in [3.8, 4) is 0 Å². The molecule has 1 amide bonds. The normalized spacial score (nSPS) is 19.5. The number of rotatable bonds is 5. The van der Waals surface area contributed by atoms with E-state index in [0.717, 1.165) is 5.69 Å². The second-order valence-corrected chi connectivity index (χ2v) is 6.51. The molecular formula is C20H20FN3O3. The quantitative estimate of drug-likeness (QED) is 0.823. The predicted molar refractivity (Wildman–Crippen MR) is 101 cm³/mol. The number of halogens is 1. The third kappa shape index (κ3) is 3.70. The van der Waals surface area contributed by atoms with Gasteiger partial charge in [0.15, 0.2) is 6.29 Å². The average molecular weight is 369 g/mol. The van der Waals surface area contributed by atoms with Gasteiger partial charge in [-0.2, -0.15) is 0 Å². The van der Waals surface area contributed by atoms with Crippen molar-refractivity contribution in [2.45, 2.75) is 12.2 Å². The van der Waals surface area contributed by atoms with E-state index in [0.29, 0.717) is 36.7 Å². The highest BCUT2D eigenvalue weighted by Crippen LogP contribution is 2.33. The summed E-state index contributed by atoms with van der Waals surface area (Å²) in [7, 11) is 1.96. The third-order valence-electron chi connectivity index (χ3n) is 4.68. The van der Waals surface area contributed by atoms with Gasteiger partial charge in [-0.15, -0.1) is 0 Å². The zero-order valence-electron chi connectivity index (χ0n) is 14.9. The van der Waals surface area contributed by atoms with Gasteiger partial charge in [-0.25, -0.2) is 4.39 Å². The molecule has 0 bridgehead atoms. The second kappa shape index (κ2) is 7.46. The molecule has 1 fully saturated rings. The number of fused-ring (bicyclic) bond motifs is 1. The minimum Gasteiger partial charge on any atom is -0.369 e. The van der Waals surface area contributed by atoms with E-state index in [9.17, 15) is 9.18 Å². The number of aliphatic imine (C=N–C) groups is 1. The van der Waals surface area contributed by atoms with Crippen LogP contribution < -0.4 is 10.2 Å². The molecule has 1 N–H and O–H groups in total. The van der Waals surface area contributed by atoms with E-state index in [2.05, 4.69) is 10.3 Å². The van der Waals surface area contributed by atoms with Crippen LogP contribution in [0, 0.1) is 5.82 Å². The Labute approximate surface area is 156 Å². The van der Waals surface area contributed by atoms with Gasteiger partial charge in [0, 0.05) is 30.2 Å². The van der Waals surface area contributed by atoms with Gasteiger partial charge in [0.05, 0.1) is 25.4 Å². The Balaban J connectivity index is 1.45. The van der Waals surface area contributed by atoms with Crippen LogP contribution in [0.3, 0.4) is 0 Å². The van der Waals surface area contributed by atoms with Gasteiger partial charge in [0.1, 0.15) is 11.7 Å². The summed E-state index contributed by atoms with van der Waals surface area (Å²) < 4.78 is 25.0. The molecule has 0 aromatic heterocycles. The van der Waals surface area contributed by atoms with Crippen LogP contribution in [0.5, 0.6) is 0 Å². The summed E-state index contributed by atoms with van der Waals surface area (Å²) in [5.74, 6) is -1.40. The lowest BCUT2D eigenvalue weighted by Crippen LogP contribution is -2.29. The predicted octanol–water partition coefficient (Wildman–Crippen LogP) is 3.07. The van der Waals surface area contributed by atoms with Gasteiger partial charge in [0.2, 0.25) is 5.91 Å². The summed E-state index contributed by atoms with van der Waals surface area (Å²) in [5.41, 5.74) is 2.55. The van der Waals surface area contributed by atoms with E-state index >= 15 is 0 Å². The van der Waals surface area contributed by atoms with Gasteiger partial charge in [0.25, 0.3) is 0 Å². The Hall–Kier alpha value is -2.77. The van der Waals surface area contributed by atoms with E-state index < -0.39 is 11.7 Å². The molecule has 27 heavy (non-hydrogen) atoms. The van der Waals surface area contributed by atoms with Crippen molar-refractivity contribution in [2.24, 2.45) is 4.99 Å². The van der Waals surface area contributed by atoms with Crippen molar-refractivity contribution < 1.29 is 18.7 Å². The Morgan fingerprint density at radius 1 is 1.22 bits per heavy atom. The van der Waals surface area contributed by atoms with E-state index in [-0.39, 0.29) is 12.2 Å². The van der Waals surface area contributed by atoms with Crippen LogP contribution in [0.25, 0.3) is 0 Å². The fourth-order valence-electron chi connectivity index (χ4n) is 3.24. The maximum absolute atomic E-state index is 14.1. The number of carbonyl (C=O) groups is 1. The SMILES string of the molecule is CN(CC1OCCO1)c1ccc(N=CC2C(=O)Nc3cccc(F)c32)cc1. The highest BCUT2D eigenvalue weighted by Gasteiger charge is 2.31. The summed E-state index contributed by atoms with van der Waals surface area (Å²) in [6, 6.07) is 12.2. The minimum absolute atomic E-state index is 0.205. The molecule has 7 heteroatoms. The number of nitrogens with zero attached hydrogens (tertiary/aromatic N) is 2. The fraction of sp³-hybridized carbons (Fsp3) is 0.300. The van der Waals surface area contributed by atoms with Crippen LogP contribution in [-0.4, -0.2) is 45.2 Å². The molecule has 0 saturated carbocycles. The molecule has 2 aliphatic heterocycles. The number of ether oxygens (including phenoxy) is 2. The molecule has 2 heterocycles. The highest BCUT2D eigenvalue weighted by atomic mass is 19.1. The smallest absolute Gasteiger partial charge is 0.237 e. The number of anilines is 2. The number of hydrogen-bond acceptors (Lipinski definition) is 5. The molecule has 0 radical (unpaired) electrons. The maximum Gasteiger partial charge on any atom is 0.237 e. The lowest BCUT2D eigenvalue weighted by Gasteiger charge is -2.22. The number of carbonyl (C=O) groups excluding carboxylic acids is 1. The Morgan fingerprint density at radius 2 is 1.96 bits per heavy atom. The van der Waals surface area contributed by atoms with Crippen molar-refractivity contribution in [2.75, 3.05) is 37.0 Å². The monoisotopic (exact) mass is 369 g/mol. The average Bonchev–Trinajstić information content (AvgIpc) is 3.28. The Bertz CT molecular complexity index is 863. The lowest BCUT2D eigenvalue weighted by molar-refractivity contribution is -0.115. The van der Waals surface area contributed by atoms with Crippen LogP contribution in [0.4, 0.5) is 21.5 Å². The molecule has 0 spiro atoms. The fourth-order valence-corrected chi connectivity index (χ4v) is 3.24. The zero-order chi connectivity index (χ0) is 18.8. The minimum atomic E-state index is -0.722. The topological polar surface area (TPSA) is 63.2 Å². The molecule has 4 rings (SSSR count). The molecule has 1 saturated heterocycles. The molecular weight excluding hydrogens is 349 g/mol. The van der Waals surface area contributed by atoms with E-state index in [1.165, 1.54) is 12.3 Å². The van der Waals surface area contributed by atoms with Crippen LogP contribution in [0.15, 0.2) is 47.5 Å². The van der Waals surface area contributed by atoms with Crippen molar-refractivity contribution in [3.63, 3.8) is 0 Å². The van der Waals surface area contributed by atoms with Crippen LogP contribution in [-0.2, 0) is 14.3 Å². The highest BCUT2D eigenvalue weighted by molar-refractivity contribution is 6.12. The molecule has 2 aliphatic rings. The molecule has 140 valence electrons. The number of nitrogens with one attached hydrogen (secondary N) is 1. The first-order chi connectivity index (χ1) is 13.1. The van der Waals surface area contributed by atoms with Crippen LogP contribution >= 0.6 is 0 Å². The molecule has 0 aliphatic carbocycles. The summed E-state index contributed by atoms with van der Waals surface area (Å²) >= 11 is 0. The Morgan fingerprint density at radius 3 is 2.70 bits per heavy atom. The van der Waals surface area contributed by atoms with Crippen molar-refractivity contribution in [1.82, 2.24) is 0 Å². The summed E-state index contributed by atoms with van der Waals surface area (Å²) in [4.78, 5) is 18.5. The largest absolute Gasteiger partial charge is 0.369 e. The van der Waals surface area contributed by atoms with Gasteiger partial charge < -0.3 is 19.7 Å². The first-order valence-corrected chi connectivity index (χ1v) is 8.80. The zero-order valence-corrected chi connectivity index (χ0v) is 14.9. The van der Waals surface area contributed by atoms with Crippen LogP contribution in [0.2, 0.25) is 0 Å². The maximum atomic E-state index is 14.1. The summed E-state index contributed by atoms with van der Waals surface area (Å²) in [5, 5.41) is 2.68. The van der Waals surface area contributed by atoms with E-state index in [1.54, 1.807) is 12.1 Å². The van der Waals surface area contributed by atoms with Crippen molar-refractivity contribution >= 4 is 29.2 Å². The van der Waals surface area contributed by atoms with Gasteiger partial charge >= 0.3 is 0 Å². The first-order valence-electron chi connectivity index (χ1n) is 8.80. The van der Waals surface area contributed by atoms with Crippen molar-refractivity contribution in [1.29, 1.82) is 0 Å². The summed E-state index contributed by atoms with van der Waals surface area (Å²) in [6.07, 6.45) is 1.28. The number of benzene rings is 2. The molecule has 6 nitrogen and oxygen atoms in total. The lowest BCUT2D eigenvalue weighted by atomic mass is 10.0. The molecule has 2 aromatic rings. The first kappa shape index (κ1) is 17.6. The third-order valence-corrected chi connectivity index (χ3v) is 4.68. The number of amides is 1. The standard InChI is InChI=1S/C20H20FN3O3/c1-24(12-18-26-9-10-27-18)14-7-5-13(6-8-14)22-11-15-19-16(21)3-2-4-17(19)23-20(15)25/h2-8,11,15,18H,9-10,12H2,1H3,(H,23,25). The van der Waals surface area contributed by atoms with Crippen LogP contribution in [0.1, 0.15) is 11.5 Å². The number of hydrogen-bond donors (Lipinski definition) is 1. The van der Waals surface area contributed by atoms with Gasteiger partial charge in [-0.1, -0.05) is 6.07 Å². The van der Waals surface area contributed by atoms with Gasteiger partial charge in [-0.3, -0.25) is 9.79 Å². The molecule has 1 unspecified atom stereocenters. The molecule has 2 aromatic carbocycles. The van der Waals surface area contributed by atoms with E-state index in [1.807, 2.05) is 36.2 Å². The van der Waals surface area contributed by atoms with Crippen molar-refractivity contribution in [3.05, 3.63) is 53.8 Å². The van der Waals surface area contributed by atoms with E-state index in [4.69, 9.17) is 9.47 Å². The Kier molecular flexibility index (Phi) is 4.87.